The molecule has 0 saturated carbocycles. The Labute approximate surface area is 100 Å². The van der Waals surface area contributed by atoms with Crippen molar-refractivity contribution in [3.8, 4) is 6.07 Å². The average molecular weight is 233 g/mol. The van der Waals surface area contributed by atoms with Crippen LogP contribution in [0.5, 0.6) is 0 Å². The van der Waals surface area contributed by atoms with Crippen LogP contribution in [0.4, 0.5) is 0 Å². The van der Waals surface area contributed by atoms with Crippen LogP contribution in [0.25, 0.3) is 0 Å². The monoisotopic (exact) mass is 233 g/mol. The van der Waals surface area contributed by atoms with Crippen LogP contribution >= 0.6 is 0 Å². The summed E-state index contributed by atoms with van der Waals surface area (Å²) >= 11 is 0. The number of rotatable bonds is 6. The van der Waals surface area contributed by atoms with Gasteiger partial charge in [0.2, 0.25) is 5.91 Å². The van der Waals surface area contributed by atoms with E-state index in [0.717, 1.165) is 0 Å². The van der Waals surface area contributed by atoms with Crippen molar-refractivity contribution in [2.75, 3.05) is 20.3 Å². The second-order valence-corrected chi connectivity index (χ2v) is 3.48. The van der Waals surface area contributed by atoms with E-state index in [0.29, 0.717) is 24.3 Å². The van der Waals surface area contributed by atoms with Gasteiger partial charge in [0.05, 0.1) is 18.2 Å². The van der Waals surface area contributed by atoms with Crippen LogP contribution in [0, 0.1) is 11.3 Å². The predicted octanol–water partition coefficient (Wildman–Crippen LogP) is 0.321. The number of hydrogen-bond donors (Lipinski definition) is 2. The van der Waals surface area contributed by atoms with Crippen LogP contribution < -0.4 is 11.1 Å². The highest BCUT2D eigenvalue weighted by Gasteiger charge is 2.19. The minimum Gasteiger partial charge on any atom is -0.383 e. The molecule has 1 amide bonds. The van der Waals surface area contributed by atoms with Crippen molar-refractivity contribution < 1.29 is 9.53 Å². The van der Waals surface area contributed by atoms with Crippen molar-refractivity contribution in [2.24, 2.45) is 5.73 Å². The van der Waals surface area contributed by atoms with Crippen LogP contribution in [-0.4, -0.2) is 26.2 Å². The van der Waals surface area contributed by atoms with Gasteiger partial charge in [-0.2, -0.15) is 5.26 Å². The summed E-state index contributed by atoms with van der Waals surface area (Å²) in [4.78, 5) is 11.4. The Morgan fingerprint density at radius 2 is 2.29 bits per heavy atom. The second kappa shape index (κ2) is 6.63. The van der Waals surface area contributed by atoms with Gasteiger partial charge in [-0.1, -0.05) is 18.2 Å². The number of carbonyl (C=O) groups is 1. The average Bonchev–Trinajstić information content (AvgIpc) is 2.34. The fraction of sp³-hybridized carbons (Fsp3) is 0.333. The van der Waals surface area contributed by atoms with Crippen LogP contribution in [0.3, 0.4) is 0 Å². The molecule has 0 heterocycles. The van der Waals surface area contributed by atoms with Gasteiger partial charge in [0.1, 0.15) is 6.04 Å². The first kappa shape index (κ1) is 13.2. The number of nitriles is 1. The number of benzene rings is 1. The summed E-state index contributed by atoms with van der Waals surface area (Å²) in [6.07, 6.45) is 0. The summed E-state index contributed by atoms with van der Waals surface area (Å²) in [5.74, 6) is -0.510. The molecule has 5 nitrogen and oxygen atoms in total. The van der Waals surface area contributed by atoms with Crippen LogP contribution in [-0.2, 0) is 9.53 Å². The molecule has 0 radical (unpaired) electrons. The summed E-state index contributed by atoms with van der Waals surface area (Å²) in [5.41, 5.74) is 6.36. The summed E-state index contributed by atoms with van der Waals surface area (Å²) in [7, 11) is 1.57. The standard InChI is InChI=1S/C12H15N3O2/c1-17-7-6-15-11(12(14)16)10-5-3-2-4-9(10)8-13/h2-5,11,15H,6-7H2,1H3,(H2,14,16). The van der Waals surface area contributed by atoms with Gasteiger partial charge in [0.15, 0.2) is 0 Å². The lowest BCUT2D eigenvalue weighted by molar-refractivity contribution is -0.120. The SMILES string of the molecule is COCCNC(C(N)=O)c1ccccc1C#N. The number of methoxy groups -OCH3 is 1. The number of nitrogens with one attached hydrogen (secondary N) is 1. The zero-order valence-electron chi connectivity index (χ0n) is 9.64. The highest BCUT2D eigenvalue weighted by Crippen LogP contribution is 2.16. The van der Waals surface area contributed by atoms with Gasteiger partial charge < -0.3 is 10.5 Å². The molecule has 0 aromatic heterocycles. The Bertz CT molecular complexity index is 426. The normalized spacial score (nSPS) is 11.8. The molecule has 17 heavy (non-hydrogen) atoms. The number of ether oxygens (including phenoxy) is 1. The Kier molecular flexibility index (Phi) is 5.14. The van der Waals surface area contributed by atoms with Gasteiger partial charge in [-0.05, 0) is 11.6 Å². The molecular formula is C12H15N3O2. The van der Waals surface area contributed by atoms with E-state index in [1.807, 2.05) is 6.07 Å². The zero-order chi connectivity index (χ0) is 12.7. The van der Waals surface area contributed by atoms with E-state index in [2.05, 4.69) is 5.32 Å². The minimum absolute atomic E-state index is 0.446. The zero-order valence-corrected chi connectivity index (χ0v) is 9.64. The first-order valence-corrected chi connectivity index (χ1v) is 5.21. The summed E-state index contributed by atoms with van der Waals surface area (Å²) in [5, 5.41) is 11.9. The van der Waals surface area contributed by atoms with E-state index in [-0.39, 0.29) is 0 Å². The van der Waals surface area contributed by atoms with E-state index in [1.54, 1.807) is 31.4 Å². The molecule has 1 rings (SSSR count). The largest absolute Gasteiger partial charge is 0.383 e. The molecule has 0 spiro atoms. The first-order chi connectivity index (χ1) is 8.20. The maximum absolute atomic E-state index is 11.4. The lowest BCUT2D eigenvalue weighted by Gasteiger charge is -2.16. The van der Waals surface area contributed by atoms with Crippen molar-refractivity contribution >= 4 is 5.91 Å². The third-order valence-electron chi connectivity index (χ3n) is 2.33. The third-order valence-corrected chi connectivity index (χ3v) is 2.33. The number of hydrogen-bond acceptors (Lipinski definition) is 4. The number of carbonyl (C=O) groups excluding carboxylic acids is 1. The maximum atomic E-state index is 11.4. The van der Waals surface area contributed by atoms with Crippen LogP contribution in [0.2, 0.25) is 0 Å². The van der Waals surface area contributed by atoms with Crippen LogP contribution in [0.1, 0.15) is 17.2 Å². The fourth-order valence-electron chi connectivity index (χ4n) is 1.52. The minimum atomic E-state index is -0.666. The van der Waals surface area contributed by atoms with E-state index < -0.39 is 11.9 Å². The van der Waals surface area contributed by atoms with E-state index in [4.69, 9.17) is 15.7 Å². The van der Waals surface area contributed by atoms with Gasteiger partial charge in [-0.25, -0.2) is 0 Å². The summed E-state index contributed by atoms with van der Waals surface area (Å²) in [6, 6.07) is 8.26. The quantitative estimate of drug-likeness (QED) is 0.693. The summed E-state index contributed by atoms with van der Waals surface area (Å²) < 4.78 is 4.88. The molecule has 1 atom stereocenters. The first-order valence-electron chi connectivity index (χ1n) is 5.21. The lowest BCUT2D eigenvalue weighted by atomic mass is 10.0. The Hall–Kier alpha value is -1.90. The topological polar surface area (TPSA) is 88.1 Å². The van der Waals surface area contributed by atoms with Gasteiger partial charge in [0.25, 0.3) is 0 Å². The van der Waals surface area contributed by atoms with E-state index in [9.17, 15) is 4.79 Å². The number of amides is 1. The van der Waals surface area contributed by atoms with Crippen molar-refractivity contribution in [3.63, 3.8) is 0 Å². The molecule has 5 heteroatoms. The molecule has 0 aliphatic rings. The van der Waals surface area contributed by atoms with Crippen molar-refractivity contribution in [1.29, 1.82) is 5.26 Å². The molecule has 3 N–H and O–H groups in total. The Balaban J connectivity index is 2.90. The molecule has 0 fully saturated rings. The highest BCUT2D eigenvalue weighted by atomic mass is 16.5. The number of nitrogens with two attached hydrogens (primary N) is 1. The van der Waals surface area contributed by atoms with Crippen molar-refractivity contribution in [2.45, 2.75) is 6.04 Å². The Morgan fingerprint density at radius 3 is 2.88 bits per heavy atom. The second-order valence-electron chi connectivity index (χ2n) is 3.48. The van der Waals surface area contributed by atoms with Gasteiger partial charge in [-0.15, -0.1) is 0 Å². The van der Waals surface area contributed by atoms with Crippen molar-refractivity contribution in [1.82, 2.24) is 5.32 Å². The molecule has 1 aromatic rings. The number of nitrogens with zero attached hydrogens (tertiary/aromatic N) is 1. The maximum Gasteiger partial charge on any atom is 0.239 e. The van der Waals surface area contributed by atoms with Crippen molar-refractivity contribution in [3.05, 3.63) is 35.4 Å². The molecule has 0 saturated heterocycles. The van der Waals surface area contributed by atoms with Gasteiger partial charge >= 0.3 is 0 Å². The molecule has 0 aliphatic heterocycles. The molecule has 1 unspecified atom stereocenters. The Morgan fingerprint density at radius 1 is 1.59 bits per heavy atom. The van der Waals surface area contributed by atoms with Crippen LogP contribution in [0.15, 0.2) is 24.3 Å². The molecule has 0 bridgehead atoms. The van der Waals surface area contributed by atoms with Gasteiger partial charge in [0, 0.05) is 13.7 Å². The smallest absolute Gasteiger partial charge is 0.239 e. The fourth-order valence-corrected chi connectivity index (χ4v) is 1.52. The summed E-state index contributed by atoms with van der Waals surface area (Å²) in [6.45, 7) is 0.961. The third kappa shape index (κ3) is 3.55. The van der Waals surface area contributed by atoms with E-state index >= 15 is 0 Å². The van der Waals surface area contributed by atoms with Gasteiger partial charge in [-0.3, -0.25) is 10.1 Å². The predicted molar refractivity (Wildman–Crippen MR) is 63.0 cm³/mol. The highest BCUT2D eigenvalue weighted by molar-refractivity contribution is 5.82. The lowest BCUT2D eigenvalue weighted by Crippen LogP contribution is -2.35. The molecule has 1 aromatic carbocycles. The molecule has 0 aliphatic carbocycles. The molecular weight excluding hydrogens is 218 g/mol. The van der Waals surface area contributed by atoms with E-state index in [1.165, 1.54) is 0 Å². The number of primary amides is 1. The molecule has 90 valence electrons.